The number of ether oxygens (including phenoxy) is 1. The third kappa shape index (κ3) is 4.73. The maximum atomic E-state index is 12.7. The summed E-state index contributed by atoms with van der Waals surface area (Å²) < 4.78 is 43.1. The summed E-state index contributed by atoms with van der Waals surface area (Å²) in [6, 6.07) is 9.52. The Morgan fingerprint density at radius 1 is 1.27 bits per heavy atom. The Labute approximate surface area is 128 Å². The van der Waals surface area contributed by atoms with Gasteiger partial charge in [-0.25, -0.2) is 0 Å². The lowest BCUT2D eigenvalue weighted by molar-refractivity contribution is -0.158. The first-order valence-corrected chi connectivity index (χ1v) is 7.38. The van der Waals surface area contributed by atoms with Crippen molar-refractivity contribution >= 4 is 5.97 Å². The van der Waals surface area contributed by atoms with Crippen molar-refractivity contribution in [3.05, 3.63) is 35.9 Å². The average Bonchev–Trinajstić information content (AvgIpc) is 2.80. The molecular weight excluding hydrogens is 295 g/mol. The summed E-state index contributed by atoms with van der Waals surface area (Å²) >= 11 is 0. The third-order valence-electron chi connectivity index (χ3n) is 3.85. The number of benzene rings is 1. The van der Waals surface area contributed by atoms with E-state index >= 15 is 0 Å². The van der Waals surface area contributed by atoms with E-state index in [4.69, 9.17) is 4.74 Å². The predicted molar refractivity (Wildman–Crippen MR) is 76.0 cm³/mol. The van der Waals surface area contributed by atoms with E-state index in [1.54, 1.807) is 6.92 Å². The van der Waals surface area contributed by atoms with Gasteiger partial charge in [0.25, 0.3) is 0 Å². The first-order chi connectivity index (χ1) is 10.4. The zero-order chi connectivity index (χ0) is 16.2. The molecule has 22 heavy (non-hydrogen) atoms. The van der Waals surface area contributed by atoms with Crippen LogP contribution in [0.25, 0.3) is 0 Å². The predicted octanol–water partition coefficient (Wildman–Crippen LogP) is 3.25. The Hall–Kier alpha value is -1.56. The topological polar surface area (TPSA) is 29.5 Å². The quantitative estimate of drug-likeness (QED) is 0.781. The summed E-state index contributed by atoms with van der Waals surface area (Å²) in [4.78, 5) is 13.8. The molecule has 0 amide bonds. The molecule has 1 aromatic carbocycles. The van der Waals surface area contributed by atoms with Crippen molar-refractivity contribution in [1.29, 1.82) is 0 Å². The fourth-order valence-electron chi connectivity index (χ4n) is 2.95. The van der Waals surface area contributed by atoms with E-state index in [0.29, 0.717) is 13.1 Å². The molecule has 1 saturated heterocycles. The molecule has 3 nitrogen and oxygen atoms in total. The van der Waals surface area contributed by atoms with E-state index in [0.717, 1.165) is 5.56 Å². The van der Waals surface area contributed by atoms with Gasteiger partial charge in [-0.2, -0.15) is 13.2 Å². The van der Waals surface area contributed by atoms with E-state index in [2.05, 4.69) is 0 Å². The second-order valence-corrected chi connectivity index (χ2v) is 5.62. The van der Waals surface area contributed by atoms with Crippen LogP contribution >= 0.6 is 0 Å². The van der Waals surface area contributed by atoms with Gasteiger partial charge in [-0.1, -0.05) is 30.3 Å². The molecule has 2 atom stereocenters. The number of esters is 1. The van der Waals surface area contributed by atoms with Crippen LogP contribution in [0.3, 0.4) is 0 Å². The SMILES string of the molecule is CCOC(=O)C1CN(Cc2ccccc2)C[C@H]1CC(F)(F)F. The molecule has 1 fully saturated rings. The largest absolute Gasteiger partial charge is 0.466 e. The van der Waals surface area contributed by atoms with Crippen LogP contribution in [0.2, 0.25) is 0 Å². The van der Waals surface area contributed by atoms with Gasteiger partial charge in [-0.15, -0.1) is 0 Å². The molecule has 0 spiro atoms. The third-order valence-corrected chi connectivity index (χ3v) is 3.85. The minimum absolute atomic E-state index is 0.187. The van der Waals surface area contributed by atoms with Crippen LogP contribution < -0.4 is 0 Å². The number of hydrogen-bond acceptors (Lipinski definition) is 3. The zero-order valence-electron chi connectivity index (χ0n) is 12.5. The van der Waals surface area contributed by atoms with Gasteiger partial charge in [0.15, 0.2) is 0 Å². The lowest BCUT2D eigenvalue weighted by Crippen LogP contribution is -2.28. The second kappa shape index (κ2) is 7.13. The van der Waals surface area contributed by atoms with Gasteiger partial charge in [0.2, 0.25) is 0 Å². The Morgan fingerprint density at radius 2 is 1.95 bits per heavy atom. The summed E-state index contributed by atoms with van der Waals surface area (Å²) in [5.74, 6) is -1.96. The molecule has 1 aliphatic rings. The normalized spacial score (nSPS) is 22.7. The molecule has 0 radical (unpaired) electrons. The van der Waals surface area contributed by atoms with Gasteiger partial charge >= 0.3 is 12.1 Å². The number of halogens is 3. The van der Waals surface area contributed by atoms with Crippen LogP contribution in [0.15, 0.2) is 30.3 Å². The van der Waals surface area contributed by atoms with E-state index < -0.39 is 30.4 Å². The number of carbonyl (C=O) groups is 1. The Morgan fingerprint density at radius 3 is 2.55 bits per heavy atom. The number of hydrogen-bond donors (Lipinski definition) is 0. The van der Waals surface area contributed by atoms with Crippen molar-refractivity contribution in [1.82, 2.24) is 4.90 Å². The first kappa shape index (κ1) is 16.8. The number of alkyl halides is 3. The summed E-state index contributed by atoms with van der Waals surface area (Å²) in [6.07, 6.45) is -5.21. The molecule has 1 heterocycles. The molecule has 122 valence electrons. The molecule has 1 aliphatic heterocycles. The lowest BCUT2D eigenvalue weighted by Gasteiger charge is -2.18. The smallest absolute Gasteiger partial charge is 0.389 e. The molecular formula is C16H20F3NO2. The molecule has 6 heteroatoms. The van der Waals surface area contributed by atoms with Crippen molar-refractivity contribution in [3.8, 4) is 0 Å². The number of likely N-dealkylation sites (tertiary alicyclic amines) is 1. The lowest BCUT2D eigenvalue weighted by atomic mass is 9.93. The highest BCUT2D eigenvalue weighted by molar-refractivity contribution is 5.73. The highest BCUT2D eigenvalue weighted by atomic mass is 19.4. The van der Waals surface area contributed by atoms with Gasteiger partial charge in [-0.05, 0) is 18.4 Å². The minimum atomic E-state index is -4.27. The fourth-order valence-corrected chi connectivity index (χ4v) is 2.95. The van der Waals surface area contributed by atoms with Crippen molar-refractivity contribution in [2.24, 2.45) is 11.8 Å². The molecule has 1 aromatic rings. The monoisotopic (exact) mass is 315 g/mol. The summed E-state index contributed by atoms with van der Waals surface area (Å²) in [5.41, 5.74) is 1.03. The van der Waals surface area contributed by atoms with Gasteiger partial charge in [0.05, 0.1) is 12.5 Å². The van der Waals surface area contributed by atoms with Crippen LogP contribution in [-0.2, 0) is 16.1 Å². The fraction of sp³-hybridized carbons (Fsp3) is 0.562. The van der Waals surface area contributed by atoms with Crippen LogP contribution in [0, 0.1) is 11.8 Å². The van der Waals surface area contributed by atoms with Crippen molar-refractivity contribution < 1.29 is 22.7 Å². The Bertz CT molecular complexity index is 490. The van der Waals surface area contributed by atoms with Crippen molar-refractivity contribution in [2.75, 3.05) is 19.7 Å². The average molecular weight is 315 g/mol. The van der Waals surface area contributed by atoms with E-state index in [-0.39, 0.29) is 13.2 Å². The Balaban J connectivity index is 2.05. The maximum absolute atomic E-state index is 12.7. The van der Waals surface area contributed by atoms with Gasteiger partial charge in [0.1, 0.15) is 0 Å². The Kier molecular flexibility index (Phi) is 5.45. The van der Waals surface area contributed by atoms with Crippen molar-refractivity contribution in [3.63, 3.8) is 0 Å². The van der Waals surface area contributed by atoms with Crippen LogP contribution in [-0.4, -0.2) is 36.7 Å². The second-order valence-electron chi connectivity index (χ2n) is 5.62. The first-order valence-electron chi connectivity index (χ1n) is 7.38. The highest BCUT2D eigenvalue weighted by Gasteiger charge is 2.44. The summed E-state index contributed by atoms with van der Waals surface area (Å²) in [5, 5.41) is 0. The van der Waals surface area contributed by atoms with E-state index in [9.17, 15) is 18.0 Å². The number of nitrogens with zero attached hydrogens (tertiary/aromatic N) is 1. The van der Waals surface area contributed by atoms with Gasteiger partial charge < -0.3 is 4.74 Å². The molecule has 0 aromatic heterocycles. The molecule has 0 bridgehead atoms. The van der Waals surface area contributed by atoms with Crippen LogP contribution in [0.4, 0.5) is 13.2 Å². The number of rotatable bonds is 5. The minimum Gasteiger partial charge on any atom is -0.466 e. The maximum Gasteiger partial charge on any atom is 0.389 e. The summed E-state index contributed by atoms with van der Waals surface area (Å²) in [6.45, 7) is 2.97. The van der Waals surface area contributed by atoms with Gasteiger partial charge in [-0.3, -0.25) is 9.69 Å². The molecule has 0 aliphatic carbocycles. The molecule has 1 unspecified atom stereocenters. The van der Waals surface area contributed by atoms with E-state index in [1.165, 1.54) is 0 Å². The molecule has 0 saturated carbocycles. The van der Waals surface area contributed by atoms with Crippen LogP contribution in [0.5, 0.6) is 0 Å². The van der Waals surface area contributed by atoms with Gasteiger partial charge in [0, 0.05) is 26.1 Å². The highest BCUT2D eigenvalue weighted by Crippen LogP contribution is 2.35. The number of carbonyl (C=O) groups excluding carboxylic acids is 1. The van der Waals surface area contributed by atoms with Crippen LogP contribution in [0.1, 0.15) is 18.9 Å². The standard InChI is InChI=1S/C16H20F3NO2/c1-2-22-15(21)14-11-20(9-12-6-4-3-5-7-12)10-13(14)8-16(17,18)19/h3-7,13-14H,2,8-11H2,1H3/t13-,14?/m1/s1. The van der Waals surface area contributed by atoms with E-state index in [1.807, 2.05) is 35.2 Å². The summed E-state index contributed by atoms with van der Waals surface area (Å²) in [7, 11) is 0. The van der Waals surface area contributed by atoms with Crippen molar-refractivity contribution in [2.45, 2.75) is 26.1 Å². The molecule has 2 rings (SSSR count). The molecule has 0 N–H and O–H groups in total. The zero-order valence-corrected chi connectivity index (χ0v) is 12.5.